The average molecular weight is 668 g/mol. The van der Waals surface area contributed by atoms with E-state index in [4.69, 9.17) is 19.9 Å². The molecule has 2 heterocycles. The number of nitrogens with one attached hydrogen (secondary N) is 2. The van der Waals surface area contributed by atoms with Crippen LogP contribution in [0.25, 0.3) is 33.3 Å². The van der Waals surface area contributed by atoms with Gasteiger partial charge in [0.15, 0.2) is 5.83 Å². The van der Waals surface area contributed by atoms with Gasteiger partial charge in [0.2, 0.25) is 6.29 Å². The molecule has 0 aliphatic rings. The predicted molar refractivity (Wildman–Crippen MR) is 174 cm³/mol. The summed E-state index contributed by atoms with van der Waals surface area (Å²) in [4.78, 5) is 28.9. The van der Waals surface area contributed by atoms with E-state index in [1.165, 1.54) is 25.4 Å². The summed E-state index contributed by atoms with van der Waals surface area (Å²) < 4.78 is 70.1. The summed E-state index contributed by atoms with van der Waals surface area (Å²) in [7, 11) is 3.08. The van der Waals surface area contributed by atoms with Gasteiger partial charge >= 0.3 is 6.18 Å². The molecule has 0 radical (unpaired) electrons. The van der Waals surface area contributed by atoms with E-state index >= 15 is 0 Å². The van der Waals surface area contributed by atoms with Crippen LogP contribution < -0.4 is 21.1 Å². The summed E-state index contributed by atoms with van der Waals surface area (Å²) in [6.07, 6.45) is -3.88. The zero-order valence-electron chi connectivity index (χ0n) is 26.5. The number of nitrogens with zero attached hydrogens (tertiary/aromatic N) is 2. The van der Waals surface area contributed by atoms with Crippen LogP contribution in [0.1, 0.15) is 29.8 Å². The molecule has 10 nitrogen and oxygen atoms in total. The molecule has 0 aliphatic heterocycles. The van der Waals surface area contributed by atoms with E-state index in [0.717, 1.165) is 0 Å². The fourth-order valence-corrected chi connectivity index (χ4v) is 5.01. The Morgan fingerprint density at radius 1 is 1.08 bits per heavy atom. The highest BCUT2D eigenvalue weighted by Gasteiger charge is 2.29. The second-order valence-corrected chi connectivity index (χ2v) is 10.2. The molecule has 0 fully saturated rings. The molecule has 2 amide bonds. The Balaban J connectivity index is 1.96. The van der Waals surface area contributed by atoms with Gasteiger partial charge in [0.25, 0.3) is 11.8 Å². The van der Waals surface area contributed by atoms with Gasteiger partial charge < -0.3 is 35.1 Å². The molecule has 2 aromatic carbocycles. The average Bonchev–Trinajstić information content (AvgIpc) is 3.36. The lowest BCUT2D eigenvalue weighted by Gasteiger charge is -2.14. The van der Waals surface area contributed by atoms with Gasteiger partial charge in [-0.05, 0) is 55.2 Å². The summed E-state index contributed by atoms with van der Waals surface area (Å²) in [5.74, 6) is 3.11. The van der Waals surface area contributed by atoms with Gasteiger partial charge in [-0.3, -0.25) is 9.59 Å². The highest BCUT2D eigenvalue weighted by atomic mass is 19.4. The van der Waals surface area contributed by atoms with Crippen LogP contribution in [0, 0.1) is 11.8 Å². The smallest absolute Gasteiger partial charge is 0.405 e. The van der Waals surface area contributed by atoms with Gasteiger partial charge in [0, 0.05) is 37.7 Å². The van der Waals surface area contributed by atoms with Crippen molar-refractivity contribution in [3.63, 3.8) is 0 Å². The number of halogens is 4. The van der Waals surface area contributed by atoms with E-state index in [1.54, 1.807) is 37.4 Å². The number of carbonyl (C=O) groups is 2. The first-order valence-corrected chi connectivity index (χ1v) is 14.6. The predicted octanol–water partition coefficient (Wildman–Crippen LogP) is 5.96. The molecule has 0 unspecified atom stereocenters. The van der Waals surface area contributed by atoms with Crippen LogP contribution >= 0.6 is 0 Å². The number of amides is 2. The number of hydrogen-bond donors (Lipinski definition) is 3. The van der Waals surface area contributed by atoms with Crippen molar-refractivity contribution in [2.75, 3.05) is 37.9 Å². The maximum atomic E-state index is 13.3. The van der Waals surface area contributed by atoms with E-state index < -0.39 is 36.7 Å². The van der Waals surface area contributed by atoms with Gasteiger partial charge in [-0.25, -0.2) is 9.37 Å². The van der Waals surface area contributed by atoms with Crippen molar-refractivity contribution in [2.45, 2.75) is 26.3 Å². The summed E-state index contributed by atoms with van der Waals surface area (Å²) >= 11 is 0. The van der Waals surface area contributed by atoms with Crippen LogP contribution in [0.15, 0.2) is 61.1 Å². The summed E-state index contributed by atoms with van der Waals surface area (Å²) in [6, 6.07) is 11.0. The zero-order chi connectivity index (χ0) is 35.2. The van der Waals surface area contributed by atoms with Crippen molar-refractivity contribution in [3.05, 3.63) is 72.2 Å². The lowest BCUT2D eigenvalue weighted by Crippen LogP contribution is -2.33. The van der Waals surface area contributed by atoms with Crippen molar-refractivity contribution in [3.8, 4) is 40.0 Å². The number of aromatic nitrogens is 2. The Hall–Kier alpha value is -5.39. The normalized spacial score (nSPS) is 11.3. The molecular weight excluding hydrogens is 634 g/mol. The van der Waals surface area contributed by atoms with E-state index in [0.29, 0.717) is 57.8 Å². The highest BCUT2D eigenvalue weighted by molar-refractivity contribution is 6.11. The van der Waals surface area contributed by atoms with Crippen LogP contribution in [0.5, 0.6) is 5.75 Å². The van der Waals surface area contributed by atoms with Gasteiger partial charge in [-0.15, -0.1) is 0 Å². The molecule has 0 aliphatic carbocycles. The molecule has 4 N–H and O–H groups in total. The van der Waals surface area contributed by atoms with Crippen molar-refractivity contribution < 1.29 is 41.4 Å². The van der Waals surface area contributed by atoms with Crippen LogP contribution in [0.3, 0.4) is 0 Å². The van der Waals surface area contributed by atoms with Crippen molar-refractivity contribution in [2.24, 2.45) is 7.05 Å². The van der Waals surface area contributed by atoms with Gasteiger partial charge in [0.1, 0.15) is 18.1 Å². The summed E-state index contributed by atoms with van der Waals surface area (Å²) in [5.41, 5.74) is 10.0. The second-order valence-electron chi connectivity index (χ2n) is 10.2. The zero-order valence-corrected chi connectivity index (χ0v) is 26.5. The van der Waals surface area contributed by atoms with E-state index in [-0.39, 0.29) is 17.1 Å². The quantitative estimate of drug-likeness (QED) is 0.0779. The third kappa shape index (κ3) is 7.93. The molecule has 4 aromatic rings. The molecular formula is C34H33F4N5O5. The Kier molecular flexibility index (Phi) is 11.1. The van der Waals surface area contributed by atoms with E-state index in [9.17, 15) is 27.2 Å². The molecule has 0 bridgehead atoms. The molecule has 0 atom stereocenters. The number of aryl methyl sites for hydroxylation is 1. The number of nitrogens with two attached hydrogens (primary N) is 1. The molecule has 14 heteroatoms. The third-order valence-corrected chi connectivity index (χ3v) is 7.05. The van der Waals surface area contributed by atoms with Crippen LogP contribution in [-0.4, -0.2) is 60.7 Å². The van der Waals surface area contributed by atoms with Gasteiger partial charge in [-0.2, -0.15) is 13.2 Å². The van der Waals surface area contributed by atoms with Crippen LogP contribution in [0.4, 0.5) is 29.1 Å². The molecule has 0 saturated carbocycles. The Labute approximate surface area is 273 Å². The van der Waals surface area contributed by atoms with Gasteiger partial charge in [0.05, 0.1) is 34.8 Å². The number of pyridine rings is 1. The minimum atomic E-state index is -4.60. The van der Waals surface area contributed by atoms with Gasteiger partial charge in [-0.1, -0.05) is 30.7 Å². The fraction of sp³-hybridized carbons (Fsp3) is 0.265. The van der Waals surface area contributed by atoms with Crippen LogP contribution in [0.2, 0.25) is 0 Å². The number of benzene rings is 2. The number of alkyl halides is 3. The number of carbonyl (C=O) groups excluding carboxylic acids is 2. The largest absolute Gasteiger partial charge is 0.496 e. The number of methoxy groups -OCH3 is 1. The third-order valence-electron chi connectivity index (χ3n) is 7.05. The Morgan fingerprint density at radius 3 is 2.31 bits per heavy atom. The number of fused-ring (bicyclic) bond motifs is 1. The lowest BCUT2D eigenvalue weighted by molar-refractivity contribution is -0.123. The molecule has 252 valence electrons. The van der Waals surface area contributed by atoms with Crippen molar-refractivity contribution in [1.82, 2.24) is 14.9 Å². The number of nitrogen functional groups attached to an aromatic ring is 1. The minimum Gasteiger partial charge on any atom is -0.496 e. The van der Waals surface area contributed by atoms with Crippen molar-refractivity contribution >= 4 is 34.2 Å². The number of rotatable bonds is 11. The monoisotopic (exact) mass is 667 g/mol. The summed E-state index contributed by atoms with van der Waals surface area (Å²) in [6.45, 7) is 5.86. The Bertz CT molecular complexity index is 1900. The van der Waals surface area contributed by atoms with E-state index in [2.05, 4.69) is 28.7 Å². The van der Waals surface area contributed by atoms with E-state index in [1.807, 2.05) is 23.7 Å². The molecule has 0 saturated heterocycles. The van der Waals surface area contributed by atoms with Crippen LogP contribution in [-0.2, 0) is 21.3 Å². The first kappa shape index (κ1) is 35.5. The topological polar surface area (TPSA) is 130 Å². The number of anilines is 2. The SMILES string of the molecule is C=C(F)C(=O)Nc1ccc(-c2c(-c3ccc(C(=O)NCC(F)(F)F)c(OC)c3)c3c(N)ncc(C#CC(OCC)OCC)c3n2C)cc1. The number of hydrogen-bond acceptors (Lipinski definition) is 7. The lowest BCUT2D eigenvalue weighted by atomic mass is 9.96. The highest BCUT2D eigenvalue weighted by Crippen LogP contribution is 2.44. The van der Waals surface area contributed by atoms with Crippen molar-refractivity contribution in [1.29, 1.82) is 0 Å². The summed E-state index contributed by atoms with van der Waals surface area (Å²) in [5, 5.41) is 4.75. The Morgan fingerprint density at radius 2 is 1.73 bits per heavy atom. The minimum absolute atomic E-state index is 0.0124. The fourth-order valence-electron chi connectivity index (χ4n) is 5.01. The molecule has 0 spiro atoms. The number of ether oxygens (including phenoxy) is 3. The first-order chi connectivity index (χ1) is 22.8. The molecule has 48 heavy (non-hydrogen) atoms. The molecule has 4 rings (SSSR count). The maximum absolute atomic E-state index is 13.3. The second kappa shape index (κ2) is 15.0. The maximum Gasteiger partial charge on any atom is 0.405 e. The first-order valence-electron chi connectivity index (χ1n) is 14.6. The molecule has 2 aromatic heterocycles. The standard InChI is InChI=1S/C34H33F4N5O5/c1-6-47-26(48-7-2)15-11-22-17-40-31(39)28-27(21-10-14-24(25(16-21)46-5)33(45)41-18-34(36,37)38)29(43(4)30(22)28)20-8-12-23(13-9-20)42-32(44)19(3)35/h8-10,12-14,16-17,26H,3,6-7,18H2,1-2,4-5H3,(H2,39,40)(H,41,45)(H,42,44).